The minimum absolute atomic E-state index is 0.166. The predicted octanol–water partition coefficient (Wildman–Crippen LogP) is 1.32. The first kappa shape index (κ1) is 12.2. The molecule has 7 nitrogen and oxygen atoms in total. The number of aromatic nitrogens is 4. The number of carbonyl (C=O) groups excluding carboxylic acids is 1. The van der Waals surface area contributed by atoms with Crippen LogP contribution in [0.2, 0.25) is 0 Å². The van der Waals surface area contributed by atoms with Gasteiger partial charge in [0.2, 0.25) is 5.89 Å². The lowest BCUT2D eigenvalue weighted by atomic mass is 10.2. The number of hydrogen-bond donors (Lipinski definition) is 0. The lowest BCUT2D eigenvalue weighted by Gasteiger charge is -1.99. The molecule has 0 aliphatic rings. The molecule has 0 aromatic carbocycles. The first-order valence-electron chi connectivity index (χ1n) is 5.43. The molecule has 0 atom stereocenters. The Labute approximate surface area is 103 Å². The summed E-state index contributed by atoms with van der Waals surface area (Å²) in [6, 6.07) is 1.77. The minimum atomic E-state index is -0.632. The van der Waals surface area contributed by atoms with E-state index in [0.717, 1.165) is 5.69 Å². The van der Waals surface area contributed by atoms with Gasteiger partial charge in [0.25, 0.3) is 0 Å². The summed E-state index contributed by atoms with van der Waals surface area (Å²) in [5.41, 5.74) is 2.04. The second kappa shape index (κ2) is 4.91. The molecule has 2 aromatic rings. The van der Waals surface area contributed by atoms with Crippen LogP contribution in [0.15, 0.2) is 10.5 Å². The van der Waals surface area contributed by atoms with Crippen LogP contribution in [0, 0.1) is 13.8 Å². The third-order valence-electron chi connectivity index (χ3n) is 2.21. The van der Waals surface area contributed by atoms with Gasteiger partial charge >= 0.3 is 11.9 Å². The second-order valence-electron chi connectivity index (χ2n) is 3.62. The summed E-state index contributed by atoms with van der Waals surface area (Å²) in [4.78, 5) is 11.4. The number of esters is 1. The molecule has 0 saturated carbocycles. The molecule has 2 rings (SSSR count). The van der Waals surface area contributed by atoms with Crippen LogP contribution in [0.5, 0.6) is 0 Å². The fraction of sp³-hybridized carbons (Fsp3) is 0.364. The van der Waals surface area contributed by atoms with Crippen LogP contribution in [0.3, 0.4) is 0 Å². The Hall–Kier alpha value is -2.31. The lowest BCUT2D eigenvalue weighted by molar-refractivity contribution is 0.0481. The first-order chi connectivity index (χ1) is 8.61. The maximum Gasteiger partial charge on any atom is 0.396 e. The van der Waals surface area contributed by atoms with Crippen molar-refractivity contribution >= 4 is 5.97 Å². The van der Waals surface area contributed by atoms with Gasteiger partial charge in [-0.05, 0) is 26.8 Å². The largest absolute Gasteiger partial charge is 0.459 e. The van der Waals surface area contributed by atoms with E-state index in [0.29, 0.717) is 11.3 Å². The number of carbonyl (C=O) groups is 1. The monoisotopic (exact) mass is 248 g/mol. The number of rotatable bonds is 3. The summed E-state index contributed by atoms with van der Waals surface area (Å²) in [6.45, 7) is 5.54. The Bertz CT molecular complexity index is 579. The Balaban J connectivity index is 2.35. The van der Waals surface area contributed by atoms with Gasteiger partial charge in [0.05, 0.1) is 23.6 Å². The quantitative estimate of drug-likeness (QED) is 0.756. The summed E-state index contributed by atoms with van der Waals surface area (Å²) in [5.74, 6) is -0.568. The van der Waals surface area contributed by atoms with Crippen LogP contribution in [0.25, 0.3) is 11.5 Å². The van der Waals surface area contributed by atoms with E-state index in [4.69, 9.17) is 9.15 Å². The number of aryl methyl sites for hydroxylation is 2. The molecule has 0 aliphatic heterocycles. The van der Waals surface area contributed by atoms with Crippen LogP contribution in [0.4, 0.5) is 0 Å². The molecular formula is C11H12N4O3. The molecule has 2 heterocycles. The van der Waals surface area contributed by atoms with E-state index in [-0.39, 0.29) is 18.4 Å². The first-order valence-corrected chi connectivity index (χ1v) is 5.43. The van der Waals surface area contributed by atoms with Crippen molar-refractivity contribution in [3.05, 3.63) is 23.3 Å². The zero-order valence-corrected chi connectivity index (χ0v) is 10.3. The van der Waals surface area contributed by atoms with Crippen molar-refractivity contribution in [2.45, 2.75) is 20.8 Å². The maximum absolute atomic E-state index is 11.4. The van der Waals surface area contributed by atoms with Gasteiger partial charge in [-0.15, -0.1) is 10.2 Å². The molecule has 2 aromatic heterocycles. The molecule has 0 spiro atoms. The summed E-state index contributed by atoms with van der Waals surface area (Å²) in [7, 11) is 0. The molecule has 0 radical (unpaired) electrons. The molecular weight excluding hydrogens is 236 g/mol. The van der Waals surface area contributed by atoms with Crippen LogP contribution >= 0.6 is 0 Å². The number of nitrogens with zero attached hydrogens (tertiary/aromatic N) is 4. The molecule has 7 heteroatoms. The fourth-order valence-corrected chi connectivity index (χ4v) is 1.37. The molecule has 0 aliphatic carbocycles. The highest BCUT2D eigenvalue weighted by molar-refractivity contribution is 5.84. The Kier molecular flexibility index (Phi) is 3.31. The standard InChI is InChI=1S/C11H12N4O3/c1-4-17-11(16)10-15-14-9(18-10)8-5-6(2)12-13-7(8)3/h5H,4H2,1-3H3. The molecule has 0 amide bonds. The van der Waals surface area contributed by atoms with Gasteiger partial charge < -0.3 is 9.15 Å². The van der Waals surface area contributed by atoms with Gasteiger partial charge in [0.15, 0.2) is 0 Å². The molecule has 0 unspecified atom stereocenters. The van der Waals surface area contributed by atoms with E-state index in [9.17, 15) is 4.79 Å². The van der Waals surface area contributed by atoms with Crippen molar-refractivity contribution in [2.24, 2.45) is 0 Å². The molecule has 18 heavy (non-hydrogen) atoms. The van der Waals surface area contributed by atoms with E-state index in [2.05, 4.69) is 20.4 Å². The minimum Gasteiger partial charge on any atom is -0.459 e. The van der Waals surface area contributed by atoms with Crippen molar-refractivity contribution in [2.75, 3.05) is 6.61 Å². The highest BCUT2D eigenvalue weighted by atomic mass is 16.5. The van der Waals surface area contributed by atoms with Crippen LogP contribution < -0.4 is 0 Å². The van der Waals surface area contributed by atoms with E-state index < -0.39 is 5.97 Å². The summed E-state index contributed by atoms with van der Waals surface area (Å²) in [6.07, 6.45) is 0. The second-order valence-corrected chi connectivity index (χ2v) is 3.62. The molecule has 94 valence electrons. The van der Waals surface area contributed by atoms with E-state index in [1.165, 1.54) is 0 Å². The molecule has 0 bridgehead atoms. The third-order valence-corrected chi connectivity index (χ3v) is 2.21. The highest BCUT2D eigenvalue weighted by Crippen LogP contribution is 2.20. The summed E-state index contributed by atoms with van der Waals surface area (Å²) in [5, 5.41) is 15.3. The average molecular weight is 248 g/mol. The zero-order valence-electron chi connectivity index (χ0n) is 10.3. The average Bonchev–Trinajstić information content (AvgIpc) is 2.82. The van der Waals surface area contributed by atoms with Crippen LogP contribution in [-0.4, -0.2) is 33.0 Å². The third kappa shape index (κ3) is 2.34. The van der Waals surface area contributed by atoms with E-state index >= 15 is 0 Å². The highest BCUT2D eigenvalue weighted by Gasteiger charge is 2.18. The van der Waals surface area contributed by atoms with E-state index in [1.54, 1.807) is 26.8 Å². The van der Waals surface area contributed by atoms with Gasteiger partial charge in [-0.2, -0.15) is 10.2 Å². The Morgan fingerprint density at radius 1 is 1.28 bits per heavy atom. The molecule has 0 saturated heterocycles. The lowest BCUT2D eigenvalue weighted by Crippen LogP contribution is -2.04. The Morgan fingerprint density at radius 3 is 2.78 bits per heavy atom. The van der Waals surface area contributed by atoms with Crippen molar-refractivity contribution < 1.29 is 13.9 Å². The maximum atomic E-state index is 11.4. The van der Waals surface area contributed by atoms with Crippen LogP contribution in [0.1, 0.15) is 29.0 Å². The summed E-state index contributed by atoms with van der Waals surface area (Å²) < 4.78 is 10.0. The predicted molar refractivity (Wildman–Crippen MR) is 60.8 cm³/mol. The van der Waals surface area contributed by atoms with Crippen molar-refractivity contribution in [3.63, 3.8) is 0 Å². The zero-order chi connectivity index (χ0) is 13.1. The van der Waals surface area contributed by atoms with Gasteiger partial charge in [-0.1, -0.05) is 0 Å². The van der Waals surface area contributed by atoms with Crippen molar-refractivity contribution in [1.29, 1.82) is 0 Å². The molecule has 0 N–H and O–H groups in total. The SMILES string of the molecule is CCOC(=O)c1nnc(-c2cc(C)nnc2C)o1. The van der Waals surface area contributed by atoms with Gasteiger partial charge in [-0.3, -0.25) is 0 Å². The smallest absolute Gasteiger partial charge is 0.396 e. The number of ether oxygens (including phenoxy) is 1. The van der Waals surface area contributed by atoms with Gasteiger partial charge in [0.1, 0.15) is 0 Å². The van der Waals surface area contributed by atoms with Gasteiger partial charge in [-0.25, -0.2) is 4.79 Å². The van der Waals surface area contributed by atoms with Gasteiger partial charge in [0, 0.05) is 0 Å². The van der Waals surface area contributed by atoms with E-state index in [1.807, 2.05) is 0 Å². The topological polar surface area (TPSA) is 91.0 Å². The number of hydrogen-bond acceptors (Lipinski definition) is 7. The van der Waals surface area contributed by atoms with Crippen molar-refractivity contribution in [3.8, 4) is 11.5 Å². The van der Waals surface area contributed by atoms with Crippen molar-refractivity contribution in [1.82, 2.24) is 20.4 Å². The van der Waals surface area contributed by atoms with Crippen LogP contribution in [-0.2, 0) is 4.74 Å². The summed E-state index contributed by atoms with van der Waals surface area (Å²) >= 11 is 0. The fourth-order valence-electron chi connectivity index (χ4n) is 1.37. The normalized spacial score (nSPS) is 10.4. The Morgan fingerprint density at radius 2 is 2.06 bits per heavy atom. The molecule has 0 fully saturated rings.